The molecule has 4 nitrogen and oxygen atoms in total. The maximum absolute atomic E-state index is 12.6. The third kappa shape index (κ3) is 5.05. The van der Waals surface area contributed by atoms with E-state index in [1.54, 1.807) is 0 Å². The van der Waals surface area contributed by atoms with Crippen LogP contribution in [0.2, 0.25) is 5.02 Å². The molecule has 1 aliphatic heterocycles. The van der Waals surface area contributed by atoms with Crippen molar-refractivity contribution in [3.8, 4) is 0 Å². The molecular weight excluding hydrogens is 334 g/mol. The number of nitrogens with zero attached hydrogens (tertiary/aromatic N) is 2. The van der Waals surface area contributed by atoms with E-state index in [2.05, 4.69) is 17.0 Å². The zero-order valence-corrected chi connectivity index (χ0v) is 15.0. The second-order valence-electron chi connectivity index (χ2n) is 6.52. The molecule has 0 aliphatic carbocycles. The maximum Gasteiger partial charge on any atom is 0.239 e. The first-order valence-corrected chi connectivity index (χ1v) is 9.05. The van der Waals surface area contributed by atoms with Crippen molar-refractivity contribution >= 4 is 17.5 Å². The predicted octanol–water partition coefficient (Wildman–Crippen LogP) is 2.55. The maximum atomic E-state index is 12.6. The summed E-state index contributed by atoms with van der Waals surface area (Å²) in [7, 11) is 0. The Morgan fingerprint density at radius 3 is 2.24 bits per heavy atom. The van der Waals surface area contributed by atoms with Crippen molar-refractivity contribution in [1.29, 1.82) is 0 Å². The summed E-state index contributed by atoms with van der Waals surface area (Å²) in [6, 6.07) is 17.4. The van der Waals surface area contributed by atoms with Gasteiger partial charge >= 0.3 is 0 Å². The van der Waals surface area contributed by atoms with E-state index in [9.17, 15) is 4.79 Å². The molecule has 0 spiro atoms. The van der Waals surface area contributed by atoms with Crippen LogP contribution < -0.4 is 5.73 Å². The van der Waals surface area contributed by atoms with Gasteiger partial charge in [0.2, 0.25) is 5.91 Å². The molecule has 2 N–H and O–H groups in total. The van der Waals surface area contributed by atoms with Gasteiger partial charge in [0.15, 0.2) is 0 Å². The predicted molar refractivity (Wildman–Crippen MR) is 101 cm³/mol. The molecule has 1 unspecified atom stereocenters. The van der Waals surface area contributed by atoms with E-state index in [0.717, 1.165) is 43.3 Å². The van der Waals surface area contributed by atoms with Crippen molar-refractivity contribution in [3.05, 3.63) is 70.7 Å². The van der Waals surface area contributed by atoms with Crippen molar-refractivity contribution in [3.63, 3.8) is 0 Å². The standard InChI is InChI=1S/C20H24ClN3O/c21-18-8-6-17(7-9-18)15-23-10-12-24(13-11-23)20(25)19(22)14-16-4-2-1-3-5-16/h1-9,19H,10-15,22H2. The molecule has 0 radical (unpaired) electrons. The van der Waals surface area contributed by atoms with Gasteiger partial charge in [-0.25, -0.2) is 0 Å². The van der Waals surface area contributed by atoms with Gasteiger partial charge in [0.05, 0.1) is 6.04 Å². The number of piperazine rings is 1. The van der Waals surface area contributed by atoms with E-state index in [-0.39, 0.29) is 5.91 Å². The van der Waals surface area contributed by atoms with Crippen LogP contribution in [-0.4, -0.2) is 47.9 Å². The molecule has 25 heavy (non-hydrogen) atoms. The summed E-state index contributed by atoms with van der Waals surface area (Å²) in [5.74, 6) is 0.0509. The molecule has 3 rings (SSSR count). The molecule has 132 valence electrons. The number of amides is 1. The topological polar surface area (TPSA) is 49.6 Å². The molecule has 0 bridgehead atoms. The van der Waals surface area contributed by atoms with Gasteiger partial charge in [0.25, 0.3) is 0 Å². The Bertz CT molecular complexity index is 682. The molecular formula is C20H24ClN3O. The Kier molecular flexibility index (Phi) is 6.08. The van der Waals surface area contributed by atoms with E-state index >= 15 is 0 Å². The van der Waals surface area contributed by atoms with Crippen molar-refractivity contribution in [1.82, 2.24) is 9.80 Å². The number of nitrogens with two attached hydrogens (primary N) is 1. The molecule has 1 fully saturated rings. The van der Waals surface area contributed by atoms with Crippen LogP contribution in [-0.2, 0) is 17.8 Å². The van der Waals surface area contributed by atoms with Gasteiger partial charge in [-0.3, -0.25) is 9.69 Å². The second-order valence-corrected chi connectivity index (χ2v) is 6.96. The highest BCUT2D eigenvalue weighted by Gasteiger charge is 2.25. The summed E-state index contributed by atoms with van der Waals surface area (Å²) >= 11 is 5.93. The van der Waals surface area contributed by atoms with E-state index < -0.39 is 6.04 Å². The molecule has 2 aromatic rings. The van der Waals surface area contributed by atoms with Crippen LogP contribution in [0.25, 0.3) is 0 Å². The van der Waals surface area contributed by atoms with Crippen LogP contribution in [0, 0.1) is 0 Å². The van der Waals surface area contributed by atoms with Crippen molar-refractivity contribution < 1.29 is 4.79 Å². The van der Waals surface area contributed by atoms with E-state index in [4.69, 9.17) is 17.3 Å². The number of rotatable bonds is 5. The molecule has 1 amide bonds. The summed E-state index contributed by atoms with van der Waals surface area (Å²) in [5.41, 5.74) is 8.48. The Morgan fingerprint density at radius 1 is 0.960 bits per heavy atom. The highest BCUT2D eigenvalue weighted by molar-refractivity contribution is 6.30. The minimum Gasteiger partial charge on any atom is -0.339 e. The van der Waals surface area contributed by atoms with Crippen LogP contribution in [0.1, 0.15) is 11.1 Å². The number of carbonyl (C=O) groups is 1. The number of carbonyl (C=O) groups excluding carboxylic acids is 1. The third-order valence-corrected chi connectivity index (χ3v) is 4.87. The van der Waals surface area contributed by atoms with Gasteiger partial charge in [-0.1, -0.05) is 54.1 Å². The average molecular weight is 358 g/mol. The van der Waals surface area contributed by atoms with Gasteiger partial charge in [-0.15, -0.1) is 0 Å². The summed E-state index contributed by atoms with van der Waals surface area (Å²) in [5, 5.41) is 0.756. The van der Waals surface area contributed by atoms with Crippen LogP contribution in [0.5, 0.6) is 0 Å². The van der Waals surface area contributed by atoms with Crippen molar-refractivity contribution in [2.75, 3.05) is 26.2 Å². The minimum absolute atomic E-state index is 0.0509. The first-order valence-electron chi connectivity index (χ1n) is 8.67. The quantitative estimate of drug-likeness (QED) is 0.894. The smallest absolute Gasteiger partial charge is 0.239 e. The largest absolute Gasteiger partial charge is 0.339 e. The lowest BCUT2D eigenvalue weighted by Gasteiger charge is -2.36. The zero-order valence-electron chi connectivity index (χ0n) is 14.3. The number of hydrogen-bond donors (Lipinski definition) is 1. The normalized spacial score (nSPS) is 16.6. The summed E-state index contributed by atoms with van der Waals surface area (Å²) in [6.07, 6.45) is 0.588. The Hall–Kier alpha value is -1.88. The van der Waals surface area contributed by atoms with E-state index in [1.165, 1.54) is 5.56 Å². The molecule has 0 saturated carbocycles. The lowest BCUT2D eigenvalue weighted by atomic mass is 10.1. The van der Waals surface area contributed by atoms with Crippen molar-refractivity contribution in [2.45, 2.75) is 19.0 Å². The molecule has 1 atom stereocenters. The molecule has 1 aliphatic rings. The lowest BCUT2D eigenvalue weighted by Crippen LogP contribution is -2.53. The molecule has 2 aromatic carbocycles. The summed E-state index contributed by atoms with van der Waals surface area (Å²) < 4.78 is 0. The highest BCUT2D eigenvalue weighted by atomic mass is 35.5. The van der Waals surface area contributed by atoms with Crippen molar-refractivity contribution in [2.24, 2.45) is 5.73 Å². The minimum atomic E-state index is -0.467. The van der Waals surface area contributed by atoms with Gasteiger partial charge < -0.3 is 10.6 Å². The Balaban J connectivity index is 1.48. The van der Waals surface area contributed by atoms with Gasteiger partial charge in [0.1, 0.15) is 0 Å². The second kappa shape index (κ2) is 8.48. The third-order valence-electron chi connectivity index (χ3n) is 4.62. The Labute approximate surface area is 154 Å². The number of benzene rings is 2. The van der Waals surface area contributed by atoms with E-state index in [0.29, 0.717) is 6.42 Å². The average Bonchev–Trinajstić information content (AvgIpc) is 2.64. The molecule has 0 aromatic heterocycles. The first-order chi connectivity index (χ1) is 12.1. The molecule has 1 saturated heterocycles. The lowest BCUT2D eigenvalue weighted by molar-refractivity contribution is -0.134. The van der Waals surface area contributed by atoms with Crippen LogP contribution in [0.4, 0.5) is 0 Å². The number of hydrogen-bond acceptors (Lipinski definition) is 3. The van der Waals surface area contributed by atoms with Crippen LogP contribution >= 0.6 is 11.6 Å². The van der Waals surface area contributed by atoms with Gasteiger partial charge in [-0.05, 0) is 29.7 Å². The summed E-state index contributed by atoms with van der Waals surface area (Å²) in [6.45, 7) is 4.08. The van der Waals surface area contributed by atoms with Gasteiger partial charge in [-0.2, -0.15) is 0 Å². The summed E-state index contributed by atoms with van der Waals surface area (Å²) in [4.78, 5) is 16.8. The van der Waals surface area contributed by atoms with Gasteiger partial charge in [0, 0.05) is 37.7 Å². The fourth-order valence-corrected chi connectivity index (χ4v) is 3.29. The number of halogens is 1. The first kappa shape index (κ1) is 17.9. The fourth-order valence-electron chi connectivity index (χ4n) is 3.16. The van der Waals surface area contributed by atoms with Crippen LogP contribution in [0.15, 0.2) is 54.6 Å². The fraction of sp³-hybridized carbons (Fsp3) is 0.350. The zero-order chi connectivity index (χ0) is 17.6. The molecule has 5 heteroatoms. The molecule has 1 heterocycles. The Morgan fingerprint density at radius 2 is 1.60 bits per heavy atom. The van der Waals surface area contributed by atoms with Crippen LogP contribution in [0.3, 0.4) is 0 Å². The van der Waals surface area contributed by atoms with E-state index in [1.807, 2.05) is 47.4 Å². The highest BCUT2D eigenvalue weighted by Crippen LogP contribution is 2.13. The SMILES string of the molecule is NC(Cc1ccccc1)C(=O)N1CCN(Cc2ccc(Cl)cc2)CC1. The monoisotopic (exact) mass is 357 g/mol.